The summed E-state index contributed by atoms with van der Waals surface area (Å²) in [4.78, 5) is 2.17. The molecule has 0 atom stereocenters. The maximum atomic E-state index is 9.54. The van der Waals surface area contributed by atoms with Crippen LogP contribution >= 0.6 is 0 Å². The molecule has 0 amide bonds. The van der Waals surface area contributed by atoms with Crippen molar-refractivity contribution in [2.45, 2.75) is 40.2 Å². The second-order valence-electron chi connectivity index (χ2n) is 3.67. The molecule has 0 aromatic heterocycles. The smallest absolute Gasteiger partial charge is 0.0718 e. The molecule has 0 aliphatic rings. The molecule has 0 saturated heterocycles. The Hall–Kier alpha value is -0.120. The Kier molecular flexibility index (Phi) is 11.0. The van der Waals surface area contributed by atoms with E-state index < -0.39 is 5.60 Å². The summed E-state index contributed by atoms with van der Waals surface area (Å²) in [5.74, 6) is 0. The first kappa shape index (κ1) is 16.3. The van der Waals surface area contributed by atoms with Gasteiger partial charge in [-0.3, -0.25) is 4.90 Å². The zero-order chi connectivity index (χ0) is 11.6. The number of hydrogen-bond donors (Lipinski definition) is 1. The Morgan fingerprint density at radius 1 is 1.29 bits per heavy atom. The molecule has 0 aliphatic carbocycles. The van der Waals surface area contributed by atoms with Gasteiger partial charge in [-0.1, -0.05) is 20.8 Å². The lowest BCUT2D eigenvalue weighted by Gasteiger charge is -2.27. The normalized spacial score (nSPS) is 11.1. The van der Waals surface area contributed by atoms with Crippen LogP contribution in [0.25, 0.3) is 0 Å². The van der Waals surface area contributed by atoms with Gasteiger partial charge in [-0.25, -0.2) is 0 Å². The van der Waals surface area contributed by atoms with Gasteiger partial charge in [0.1, 0.15) is 0 Å². The van der Waals surface area contributed by atoms with Crippen molar-refractivity contribution in [2.24, 2.45) is 0 Å². The molecular weight excluding hydrogens is 178 g/mol. The maximum absolute atomic E-state index is 9.54. The van der Waals surface area contributed by atoms with E-state index in [9.17, 15) is 5.11 Å². The van der Waals surface area contributed by atoms with Crippen LogP contribution in [0.2, 0.25) is 0 Å². The van der Waals surface area contributed by atoms with Crippen LogP contribution in [0.3, 0.4) is 0 Å². The summed E-state index contributed by atoms with van der Waals surface area (Å²) in [5.41, 5.74) is -0.607. The number of nitrogens with zero attached hydrogens (tertiary/aromatic N) is 1. The summed E-state index contributed by atoms with van der Waals surface area (Å²) in [6.07, 6.45) is 0. The first-order valence-electron chi connectivity index (χ1n) is 5.43. The zero-order valence-electron chi connectivity index (χ0n) is 10.6. The lowest BCUT2D eigenvalue weighted by molar-refractivity contribution is 0.0296. The molecule has 0 rings (SSSR count). The summed E-state index contributed by atoms with van der Waals surface area (Å²) in [6.45, 7) is 13.0. The molecule has 3 heteroatoms. The molecule has 0 unspecified atom stereocenters. The molecule has 3 nitrogen and oxygen atoms in total. The van der Waals surface area contributed by atoms with Crippen LogP contribution in [0.1, 0.15) is 34.6 Å². The molecule has 0 heterocycles. The summed E-state index contributed by atoms with van der Waals surface area (Å²) < 4.78 is 4.97. The van der Waals surface area contributed by atoms with E-state index in [0.29, 0.717) is 6.54 Å². The van der Waals surface area contributed by atoms with Crippen molar-refractivity contribution in [1.29, 1.82) is 0 Å². The summed E-state index contributed by atoms with van der Waals surface area (Å²) in [5, 5.41) is 9.54. The van der Waals surface area contributed by atoms with Crippen molar-refractivity contribution in [3.63, 3.8) is 0 Å². The van der Waals surface area contributed by atoms with Crippen molar-refractivity contribution in [2.75, 3.05) is 33.4 Å². The fourth-order valence-electron chi connectivity index (χ4n) is 1.12. The van der Waals surface area contributed by atoms with E-state index in [1.54, 1.807) is 7.11 Å². The molecular formula is C11H27NO2. The predicted octanol–water partition coefficient (Wildman–Crippen LogP) is 1.75. The van der Waals surface area contributed by atoms with Gasteiger partial charge in [0.25, 0.3) is 0 Å². The molecule has 0 aromatic carbocycles. The van der Waals surface area contributed by atoms with Crippen LogP contribution in [-0.2, 0) is 4.74 Å². The Balaban J connectivity index is 0. The quantitative estimate of drug-likeness (QED) is 0.717. The van der Waals surface area contributed by atoms with Crippen molar-refractivity contribution in [1.82, 2.24) is 4.90 Å². The third-order valence-electron chi connectivity index (χ3n) is 1.67. The van der Waals surface area contributed by atoms with Gasteiger partial charge >= 0.3 is 0 Å². The topological polar surface area (TPSA) is 32.7 Å². The highest BCUT2D eigenvalue weighted by Crippen LogP contribution is 2.03. The molecule has 0 spiro atoms. The second-order valence-corrected chi connectivity index (χ2v) is 3.67. The Labute approximate surface area is 89.1 Å². The predicted molar refractivity (Wildman–Crippen MR) is 61.6 cm³/mol. The van der Waals surface area contributed by atoms with Gasteiger partial charge in [-0.05, 0) is 20.4 Å². The van der Waals surface area contributed by atoms with Gasteiger partial charge in [0.15, 0.2) is 0 Å². The van der Waals surface area contributed by atoms with Gasteiger partial charge in [0.2, 0.25) is 0 Å². The van der Waals surface area contributed by atoms with Gasteiger partial charge in [0.05, 0.1) is 12.2 Å². The highest BCUT2D eigenvalue weighted by molar-refractivity contribution is 4.70. The highest BCUT2D eigenvalue weighted by Gasteiger charge is 2.16. The Morgan fingerprint density at radius 2 is 1.79 bits per heavy atom. The number of aliphatic hydroxyl groups is 1. The molecule has 0 radical (unpaired) electrons. The van der Waals surface area contributed by atoms with Crippen LogP contribution in [-0.4, -0.2) is 49.0 Å². The van der Waals surface area contributed by atoms with Crippen molar-refractivity contribution >= 4 is 0 Å². The number of methoxy groups -OCH3 is 1. The third kappa shape index (κ3) is 11.9. The number of ether oxygens (including phenoxy) is 1. The minimum atomic E-state index is -0.607. The summed E-state index contributed by atoms with van der Waals surface area (Å²) in [6, 6.07) is 0. The number of hydrogen-bond acceptors (Lipinski definition) is 3. The van der Waals surface area contributed by atoms with Crippen molar-refractivity contribution in [3.8, 4) is 0 Å². The second kappa shape index (κ2) is 9.44. The number of rotatable bonds is 6. The summed E-state index contributed by atoms with van der Waals surface area (Å²) >= 11 is 0. The third-order valence-corrected chi connectivity index (χ3v) is 1.67. The lowest BCUT2D eigenvalue weighted by Crippen LogP contribution is -2.40. The van der Waals surface area contributed by atoms with Gasteiger partial charge in [-0.15, -0.1) is 0 Å². The lowest BCUT2D eigenvalue weighted by atomic mass is 10.1. The van der Waals surface area contributed by atoms with Crippen LogP contribution < -0.4 is 0 Å². The SMILES string of the molecule is CC.CCN(CCOC)CC(C)(C)O. The van der Waals surface area contributed by atoms with Gasteiger partial charge in [0, 0.05) is 20.2 Å². The van der Waals surface area contributed by atoms with E-state index in [0.717, 1.165) is 19.7 Å². The Bertz CT molecular complexity index is 110. The molecule has 0 saturated carbocycles. The molecule has 1 N–H and O–H groups in total. The zero-order valence-corrected chi connectivity index (χ0v) is 10.6. The largest absolute Gasteiger partial charge is 0.389 e. The first-order chi connectivity index (χ1) is 6.49. The van der Waals surface area contributed by atoms with Crippen molar-refractivity contribution < 1.29 is 9.84 Å². The Morgan fingerprint density at radius 3 is 2.07 bits per heavy atom. The van der Waals surface area contributed by atoms with E-state index in [-0.39, 0.29) is 0 Å². The molecule has 0 aromatic rings. The fourth-order valence-corrected chi connectivity index (χ4v) is 1.12. The fraction of sp³-hybridized carbons (Fsp3) is 1.00. The monoisotopic (exact) mass is 205 g/mol. The standard InChI is InChI=1S/C9H21NO2.C2H6/c1-5-10(6-7-12-4)8-9(2,3)11;1-2/h11H,5-8H2,1-4H3;1-2H3. The van der Waals surface area contributed by atoms with Gasteiger partial charge < -0.3 is 9.84 Å². The molecule has 0 fully saturated rings. The average Bonchev–Trinajstić information content (AvgIpc) is 2.14. The summed E-state index contributed by atoms with van der Waals surface area (Å²) in [7, 11) is 1.69. The van der Waals surface area contributed by atoms with E-state index in [1.807, 2.05) is 27.7 Å². The van der Waals surface area contributed by atoms with Gasteiger partial charge in [-0.2, -0.15) is 0 Å². The van der Waals surface area contributed by atoms with E-state index >= 15 is 0 Å². The highest BCUT2D eigenvalue weighted by atomic mass is 16.5. The van der Waals surface area contributed by atoms with Crippen molar-refractivity contribution in [3.05, 3.63) is 0 Å². The van der Waals surface area contributed by atoms with E-state index in [4.69, 9.17) is 4.74 Å². The average molecular weight is 205 g/mol. The van der Waals surface area contributed by atoms with Crippen LogP contribution in [0, 0.1) is 0 Å². The van der Waals surface area contributed by atoms with Crippen LogP contribution in [0.4, 0.5) is 0 Å². The minimum absolute atomic E-state index is 0.607. The molecule has 88 valence electrons. The molecule has 14 heavy (non-hydrogen) atoms. The van der Waals surface area contributed by atoms with E-state index in [2.05, 4.69) is 11.8 Å². The van der Waals surface area contributed by atoms with Crippen LogP contribution in [0.15, 0.2) is 0 Å². The van der Waals surface area contributed by atoms with E-state index in [1.165, 1.54) is 0 Å². The molecule has 0 bridgehead atoms. The maximum Gasteiger partial charge on any atom is 0.0718 e. The number of likely N-dealkylation sites (N-methyl/N-ethyl adjacent to an activating group) is 1. The molecule has 0 aliphatic heterocycles. The van der Waals surface area contributed by atoms with Crippen LogP contribution in [0.5, 0.6) is 0 Å². The minimum Gasteiger partial charge on any atom is -0.389 e. The first-order valence-corrected chi connectivity index (χ1v) is 5.43.